The number of carbonyl (C=O) groups excluding carboxylic acids is 1. The summed E-state index contributed by atoms with van der Waals surface area (Å²) in [5.41, 5.74) is 2.24. The zero-order chi connectivity index (χ0) is 13.8. The zero-order valence-electron chi connectivity index (χ0n) is 11.0. The second-order valence-corrected chi connectivity index (χ2v) is 4.60. The van der Waals surface area contributed by atoms with Crippen LogP contribution in [0.4, 0.5) is 4.79 Å². The smallest absolute Gasteiger partial charge is 0.412 e. The van der Waals surface area contributed by atoms with Gasteiger partial charge >= 0.3 is 6.09 Å². The minimum Gasteiger partial charge on any atom is -0.493 e. The van der Waals surface area contributed by atoms with E-state index in [4.69, 9.17) is 9.47 Å². The van der Waals surface area contributed by atoms with Crippen molar-refractivity contribution in [3.8, 4) is 11.5 Å². The molecule has 0 aromatic heterocycles. The maximum atomic E-state index is 11.7. The minimum absolute atomic E-state index is 0.443. The number of rotatable bonds is 3. The molecule has 3 rings (SSSR count). The van der Waals surface area contributed by atoms with Crippen molar-refractivity contribution >= 4 is 6.09 Å². The molecule has 0 saturated carbocycles. The van der Waals surface area contributed by atoms with Crippen molar-refractivity contribution in [2.24, 2.45) is 0 Å². The van der Waals surface area contributed by atoms with Crippen LogP contribution in [0.2, 0.25) is 0 Å². The fourth-order valence-electron chi connectivity index (χ4n) is 2.16. The first-order chi connectivity index (χ1) is 9.81. The second kappa shape index (κ2) is 5.65. The minimum atomic E-state index is -0.451. The lowest BCUT2D eigenvalue weighted by Crippen LogP contribution is -2.26. The molecule has 4 nitrogen and oxygen atoms in total. The van der Waals surface area contributed by atoms with Gasteiger partial charge in [0, 0.05) is 13.0 Å². The van der Waals surface area contributed by atoms with Crippen molar-refractivity contribution in [1.29, 1.82) is 0 Å². The van der Waals surface area contributed by atoms with Crippen LogP contribution in [0.5, 0.6) is 11.5 Å². The number of hydrogen-bond acceptors (Lipinski definition) is 3. The summed E-state index contributed by atoms with van der Waals surface area (Å²) in [6, 6.07) is 15.0. The Morgan fingerprint density at radius 2 is 2.05 bits per heavy atom. The van der Waals surface area contributed by atoms with E-state index in [2.05, 4.69) is 11.4 Å². The van der Waals surface area contributed by atoms with Gasteiger partial charge in [0.25, 0.3) is 0 Å². The first-order valence-corrected chi connectivity index (χ1v) is 6.56. The summed E-state index contributed by atoms with van der Waals surface area (Å²) in [7, 11) is 0. The molecule has 0 fully saturated rings. The molecule has 2 aromatic rings. The topological polar surface area (TPSA) is 47.6 Å². The molecular formula is C16H15NO3. The van der Waals surface area contributed by atoms with Crippen LogP contribution >= 0.6 is 0 Å². The van der Waals surface area contributed by atoms with E-state index in [1.54, 1.807) is 12.1 Å². The van der Waals surface area contributed by atoms with Crippen molar-refractivity contribution in [3.63, 3.8) is 0 Å². The predicted octanol–water partition coefficient (Wildman–Crippen LogP) is 2.91. The highest BCUT2D eigenvalue weighted by atomic mass is 16.6. The Hall–Kier alpha value is -2.49. The molecule has 102 valence electrons. The Morgan fingerprint density at radius 1 is 1.20 bits per heavy atom. The molecule has 0 bridgehead atoms. The van der Waals surface area contributed by atoms with Gasteiger partial charge in [0.1, 0.15) is 11.5 Å². The van der Waals surface area contributed by atoms with Crippen LogP contribution in [-0.4, -0.2) is 12.7 Å². The monoisotopic (exact) mass is 269 g/mol. The highest BCUT2D eigenvalue weighted by Gasteiger charge is 2.12. The van der Waals surface area contributed by atoms with Crippen LogP contribution in [0.25, 0.3) is 0 Å². The number of amides is 1. The van der Waals surface area contributed by atoms with Crippen LogP contribution in [0.1, 0.15) is 11.1 Å². The van der Waals surface area contributed by atoms with Crippen molar-refractivity contribution < 1.29 is 14.3 Å². The zero-order valence-corrected chi connectivity index (χ0v) is 11.0. The van der Waals surface area contributed by atoms with Gasteiger partial charge in [-0.05, 0) is 29.3 Å². The van der Waals surface area contributed by atoms with Crippen molar-refractivity contribution in [1.82, 2.24) is 5.32 Å². The normalized spacial score (nSPS) is 12.4. The fourth-order valence-corrected chi connectivity index (χ4v) is 2.16. The number of carbonyl (C=O) groups is 1. The van der Waals surface area contributed by atoms with E-state index in [0.717, 1.165) is 24.3 Å². The molecule has 0 spiro atoms. The number of nitrogens with one attached hydrogen (secondary N) is 1. The first-order valence-electron chi connectivity index (χ1n) is 6.56. The Morgan fingerprint density at radius 3 is 2.90 bits per heavy atom. The molecule has 1 aliphatic heterocycles. The lowest BCUT2D eigenvalue weighted by atomic mass is 10.1. The third-order valence-corrected chi connectivity index (χ3v) is 3.14. The van der Waals surface area contributed by atoms with Gasteiger partial charge < -0.3 is 14.8 Å². The van der Waals surface area contributed by atoms with Gasteiger partial charge in [-0.15, -0.1) is 0 Å². The molecule has 2 aromatic carbocycles. The van der Waals surface area contributed by atoms with Gasteiger partial charge in [-0.25, -0.2) is 4.79 Å². The molecular weight excluding hydrogens is 254 g/mol. The molecule has 1 N–H and O–H groups in total. The Labute approximate surface area is 117 Å². The predicted molar refractivity (Wildman–Crippen MR) is 74.9 cm³/mol. The Balaban J connectivity index is 1.55. The first kappa shape index (κ1) is 12.5. The molecule has 0 saturated heterocycles. The third kappa shape index (κ3) is 2.91. The molecule has 0 aliphatic carbocycles. The van der Waals surface area contributed by atoms with Gasteiger partial charge in [0.15, 0.2) is 0 Å². The lowest BCUT2D eigenvalue weighted by molar-refractivity contribution is 0.200. The molecule has 20 heavy (non-hydrogen) atoms. The van der Waals surface area contributed by atoms with Gasteiger partial charge in [0.05, 0.1) is 6.61 Å². The highest BCUT2D eigenvalue weighted by molar-refractivity contribution is 5.70. The fraction of sp³-hybridized carbons (Fsp3) is 0.188. The number of benzene rings is 2. The third-order valence-electron chi connectivity index (χ3n) is 3.14. The average Bonchev–Trinajstić information content (AvgIpc) is 2.93. The van der Waals surface area contributed by atoms with Crippen molar-refractivity contribution in [2.45, 2.75) is 13.0 Å². The van der Waals surface area contributed by atoms with Crippen LogP contribution in [0.3, 0.4) is 0 Å². The molecule has 0 unspecified atom stereocenters. The summed E-state index contributed by atoms with van der Waals surface area (Å²) in [4.78, 5) is 11.7. The second-order valence-electron chi connectivity index (χ2n) is 4.60. The van der Waals surface area contributed by atoms with E-state index in [-0.39, 0.29) is 0 Å². The van der Waals surface area contributed by atoms with Crippen LogP contribution in [-0.2, 0) is 13.0 Å². The van der Waals surface area contributed by atoms with E-state index >= 15 is 0 Å². The van der Waals surface area contributed by atoms with E-state index < -0.39 is 6.09 Å². The van der Waals surface area contributed by atoms with E-state index in [1.807, 2.05) is 30.3 Å². The molecule has 0 atom stereocenters. The summed E-state index contributed by atoms with van der Waals surface area (Å²) >= 11 is 0. The maximum absolute atomic E-state index is 11.7. The largest absolute Gasteiger partial charge is 0.493 e. The number of fused-ring (bicyclic) bond motifs is 1. The van der Waals surface area contributed by atoms with Gasteiger partial charge in [0.2, 0.25) is 0 Å². The lowest BCUT2D eigenvalue weighted by Gasteiger charge is -2.07. The van der Waals surface area contributed by atoms with Crippen LogP contribution < -0.4 is 14.8 Å². The highest BCUT2D eigenvalue weighted by Crippen LogP contribution is 2.25. The van der Waals surface area contributed by atoms with E-state index in [1.165, 1.54) is 5.56 Å². The van der Waals surface area contributed by atoms with Crippen LogP contribution in [0, 0.1) is 0 Å². The van der Waals surface area contributed by atoms with Gasteiger partial charge in [-0.1, -0.05) is 30.3 Å². The number of hydrogen-bond donors (Lipinski definition) is 1. The summed E-state index contributed by atoms with van der Waals surface area (Å²) in [5, 5.41) is 2.74. The van der Waals surface area contributed by atoms with Gasteiger partial charge in [-0.3, -0.25) is 0 Å². The standard InChI is InChI=1S/C16H15NO3/c18-16(20-14-4-2-1-3-5-14)17-11-12-6-7-15-13(10-12)8-9-19-15/h1-7,10H,8-9,11H2,(H,17,18). The van der Waals surface area contributed by atoms with Gasteiger partial charge in [-0.2, -0.15) is 0 Å². The molecule has 4 heteroatoms. The molecule has 1 amide bonds. The van der Waals surface area contributed by atoms with E-state index in [0.29, 0.717) is 12.3 Å². The summed E-state index contributed by atoms with van der Waals surface area (Å²) in [5.74, 6) is 1.48. The van der Waals surface area contributed by atoms with E-state index in [9.17, 15) is 4.79 Å². The Bertz CT molecular complexity index is 610. The summed E-state index contributed by atoms with van der Waals surface area (Å²) in [6.07, 6.45) is 0.477. The molecule has 1 heterocycles. The number of ether oxygens (including phenoxy) is 2. The maximum Gasteiger partial charge on any atom is 0.412 e. The molecule has 0 radical (unpaired) electrons. The van der Waals surface area contributed by atoms with Crippen molar-refractivity contribution in [3.05, 3.63) is 59.7 Å². The molecule has 1 aliphatic rings. The quantitative estimate of drug-likeness (QED) is 0.932. The van der Waals surface area contributed by atoms with Crippen LogP contribution in [0.15, 0.2) is 48.5 Å². The van der Waals surface area contributed by atoms with Crippen molar-refractivity contribution in [2.75, 3.05) is 6.61 Å². The SMILES string of the molecule is O=C(NCc1ccc2c(c1)CCO2)Oc1ccccc1. The summed E-state index contributed by atoms with van der Waals surface area (Å²) in [6.45, 7) is 1.18. The Kier molecular flexibility index (Phi) is 3.54. The summed E-state index contributed by atoms with van der Waals surface area (Å²) < 4.78 is 10.6. The number of para-hydroxylation sites is 1. The average molecular weight is 269 g/mol.